The first-order valence-corrected chi connectivity index (χ1v) is 10.4. The van der Waals surface area contributed by atoms with E-state index in [-0.39, 0.29) is 5.41 Å². The monoisotopic (exact) mass is 372 g/mol. The Bertz CT molecular complexity index is 649. The van der Waals surface area contributed by atoms with Gasteiger partial charge in [-0.25, -0.2) is 0 Å². The maximum Gasteiger partial charge on any atom is 0.223 e. The highest BCUT2D eigenvalue weighted by atomic mass is 16.5. The minimum absolute atomic E-state index is 0.180. The first-order chi connectivity index (χ1) is 13.2. The van der Waals surface area contributed by atoms with E-state index in [9.17, 15) is 4.79 Å². The lowest BCUT2D eigenvalue weighted by molar-refractivity contribution is -0.128. The SMILES string of the molecule is COc1cccc(CN2CC3(CCN(CC4CCCCO4)CC3)CC2=O)c1. The van der Waals surface area contributed by atoms with E-state index in [4.69, 9.17) is 9.47 Å². The van der Waals surface area contributed by atoms with E-state index in [1.54, 1.807) is 7.11 Å². The summed E-state index contributed by atoms with van der Waals surface area (Å²) < 4.78 is 11.2. The molecule has 1 amide bonds. The number of amides is 1. The number of ether oxygens (including phenoxy) is 2. The normalized spacial score (nSPS) is 25.9. The first kappa shape index (κ1) is 18.8. The third kappa shape index (κ3) is 4.46. The third-order valence-corrected chi connectivity index (χ3v) is 6.57. The van der Waals surface area contributed by atoms with Crippen molar-refractivity contribution in [3.63, 3.8) is 0 Å². The Morgan fingerprint density at radius 1 is 1.26 bits per heavy atom. The number of hydrogen-bond acceptors (Lipinski definition) is 4. The fraction of sp³-hybridized carbons (Fsp3) is 0.682. The quantitative estimate of drug-likeness (QED) is 0.797. The van der Waals surface area contributed by atoms with Crippen molar-refractivity contribution >= 4 is 5.91 Å². The van der Waals surface area contributed by atoms with Crippen LogP contribution < -0.4 is 4.74 Å². The fourth-order valence-electron chi connectivity index (χ4n) is 4.90. The molecule has 148 valence electrons. The van der Waals surface area contributed by atoms with E-state index < -0.39 is 0 Å². The molecule has 27 heavy (non-hydrogen) atoms. The summed E-state index contributed by atoms with van der Waals surface area (Å²) in [7, 11) is 1.68. The third-order valence-electron chi connectivity index (χ3n) is 6.57. The maximum absolute atomic E-state index is 12.7. The number of nitrogens with zero attached hydrogens (tertiary/aromatic N) is 2. The lowest BCUT2D eigenvalue weighted by Gasteiger charge is -2.40. The Morgan fingerprint density at radius 3 is 2.85 bits per heavy atom. The summed E-state index contributed by atoms with van der Waals surface area (Å²) in [6.45, 7) is 5.78. The summed E-state index contributed by atoms with van der Waals surface area (Å²) in [5.74, 6) is 1.16. The van der Waals surface area contributed by atoms with Crippen LogP contribution >= 0.6 is 0 Å². The molecule has 5 heteroatoms. The van der Waals surface area contributed by atoms with Crippen LogP contribution in [0.4, 0.5) is 0 Å². The van der Waals surface area contributed by atoms with E-state index in [2.05, 4.69) is 15.9 Å². The van der Waals surface area contributed by atoms with Gasteiger partial charge in [0.05, 0.1) is 13.2 Å². The van der Waals surface area contributed by atoms with Crippen molar-refractivity contribution in [2.75, 3.05) is 39.9 Å². The summed E-state index contributed by atoms with van der Waals surface area (Å²) in [5, 5.41) is 0. The standard InChI is InChI=1S/C22H32N2O3/c1-26-19-7-4-5-18(13-19)15-24-17-22(14-21(24)25)8-10-23(11-9-22)16-20-6-2-3-12-27-20/h4-5,7,13,20H,2-3,6,8-12,14-17H2,1H3. The molecule has 1 atom stereocenters. The fourth-order valence-corrected chi connectivity index (χ4v) is 4.90. The Kier molecular flexibility index (Phi) is 5.69. The second-order valence-electron chi connectivity index (χ2n) is 8.57. The van der Waals surface area contributed by atoms with Crippen LogP contribution in [-0.2, 0) is 16.1 Å². The number of likely N-dealkylation sites (tertiary alicyclic amines) is 2. The predicted octanol–water partition coefficient (Wildman–Crippen LogP) is 3.08. The Labute approximate surface area is 162 Å². The molecule has 4 rings (SSSR count). The molecule has 3 saturated heterocycles. The van der Waals surface area contributed by atoms with Crippen molar-refractivity contribution in [1.29, 1.82) is 0 Å². The van der Waals surface area contributed by atoms with Crippen LogP contribution in [0.2, 0.25) is 0 Å². The van der Waals surface area contributed by atoms with Gasteiger partial charge in [-0.15, -0.1) is 0 Å². The molecule has 0 aliphatic carbocycles. The highest BCUT2D eigenvalue weighted by molar-refractivity contribution is 5.79. The van der Waals surface area contributed by atoms with Crippen molar-refractivity contribution in [2.45, 2.75) is 51.2 Å². The molecule has 0 saturated carbocycles. The van der Waals surface area contributed by atoms with Crippen LogP contribution in [0.25, 0.3) is 0 Å². The van der Waals surface area contributed by atoms with E-state index in [1.165, 1.54) is 19.3 Å². The van der Waals surface area contributed by atoms with Crippen LogP contribution in [0, 0.1) is 5.41 Å². The minimum atomic E-state index is 0.180. The molecule has 1 spiro atoms. The first-order valence-electron chi connectivity index (χ1n) is 10.4. The molecule has 1 aromatic carbocycles. The number of piperidine rings is 1. The van der Waals surface area contributed by atoms with E-state index in [0.29, 0.717) is 25.0 Å². The minimum Gasteiger partial charge on any atom is -0.497 e. The average Bonchev–Trinajstić information content (AvgIpc) is 2.99. The van der Waals surface area contributed by atoms with Gasteiger partial charge in [-0.3, -0.25) is 4.79 Å². The zero-order valence-corrected chi connectivity index (χ0v) is 16.5. The smallest absolute Gasteiger partial charge is 0.223 e. The van der Waals surface area contributed by atoms with Gasteiger partial charge in [0.25, 0.3) is 0 Å². The molecule has 3 aliphatic heterocycles. The highest BCUT2D eigenvalue weighted by Crippen LogP contribution is 2.41. The van der Waals surface area contributed by atoms with Crippen LogP contribution in [0.1, 0.15) is 44.1 Å². The molecule has 3 heterocycles. The Hall–Kier alpha value is -1.59. The molecule has 0 N–H and O–H groups in total. The largest absolute Gasteiger partial charge is 0.497 e. The molecule has 0 aromatic heterocycles. The lowest BCUT2D eigenvalue weighted by Crippen LogP contribution is -2.45. The van der Waals surface area contributed by atoms with Crippen LogP contribution in [0.15, 0.2) is 24.3 Å². The van der Waals surface area contributed by atoms with Crippen LogP contribution in [-0.4, -0.2) is 61.7 Å². The van der Waals surface area contributed by atoms with Gasteiger partial charge in [-0.2, -0.15) is 0 Å². The van der Waals surface area contributed by atoms with Gasteiger partial charge in [0.1, 0.15) is 5.75 Å². The Balaban J connectivity index is 1.30. The summed E-state index contributed by atoms with van der Waals surface area (Å²) in [6, 6.07) is 8.05. The molecular weight excluding hydrogens is 340 g/mol. The molecule has 5 nitrogen and oxygen atoms in total. The topological polar surface area (TPSA) is 42.0 Å². The van der Waals surface area contributed by atoms with Gasteiger partial charge in [-0.05, 0) is 68.3 Å². The van der Waals surface area contributed by atoms with E-state index >= 15 is 0 Å². The van der Waals surface area contributed by atoms with Crippen LogP contribution in [0.5, 0.6) is 5.75 Å². The van der Waals surface area contributed by atoms with Gasteiger partial charge in [0.2, 0.25) is 5.91 Å². The summed E-state index contributed by atoms with van der Waals surface area (Å²) in [5.41, 5.74) is 1.33. The number of carbonyl (C=O) groups excluding carboxylic acids is 1. The van der Waals surface area contributed by atoms with Crippen molar-refractivity contribution in [2.24, 2.45) is 5.41 Å². The number of hydrogen-bond donors (Lipinski definition) is 0. The maximum atomic E-state index is 12.7. The van der Waals surface area contributed by atoms with E-state index in [0.717, 1.165) is 56.9 Å². The number of methoxy groups -OCH3 is 1. The average molecular weight is 373 g/mol. The van der Waals surface area contributed by atoms with Crippen molar-refractivity contribution in [3.8, 4) is 5.75 Å². The number of benzene rings is 1. The molecule has 0 bridgehead atoms. The summed E-state index contributed by atoms with van der Waals surface area (Å²) in [6.07, 6.45) is 7.10. The zero-order valence-electron chi connectivity index (χ0n) is 16.5. The van der Waals surface area contributed by atoms with Crippen molar-refractivity contribution in [1.82, 2.24) is 9.80 Å². The van der Waals surface area contributed by atoms with Crippen molar-refractivity contribution < 1.29 is 14.3 Å². The van der Waals surface area contributed by atoms with Gasteiger partial charge in [-0.1, -0.05) is 12.1 Å². The highest BCUT2D eigenvalue weighted by Gasteiger charge is 2.44. The molecule has 1 aromatic rings. The van der Waals surface area contributed by atoms with Gasteiger partial charge in [0.15, 0.2) is 0 Å². The second-order valence-corrected chi connectivity index (χ2v) is 8.57. The van der Waals surface area contributed by atoms with Gasteiger partial charge >= 0.3 is 0 Å². The summed E-state index contributed by atoms with van der Waals surface area (Å²) in [4.78, 5) is 17.3. The molecular formula is C22H32N2O3. The number of carbonyl (C=O) groups is 1. The van der Waals surface area contributed by atoms with Gasteiger partial charge in [0, 0.05) is 32.7 Å². The zero-order chi connectivity index (χ0) is 18.7. The Morgan fingerprint density at radius 2 is 2.11 bits per heavy atom. The summed E-state index contributed by atoms with van der Waals surface area (Å²) >= 11 is 0. The molecule has 3 fully saturated rings. The van der Waals surface area contributed by atoms with Crippen LogP contribution in [0.3, 0.4) is 0 Å². The second kappa shape index (κ2) is 8.19. The molecule has 0 radical (unpaired) electrons. The molecule has 3 aliphatic rings. The van der Waals surface area contributed by atoms with Gasteiger partial charge < -0.3 is 19.3 Å². The predicted molar refractivity (Wildman–Crippen MR) is 105 cm³/mol. The lowest BCUT2D eigenvalue weighted by atomic mass is 9.77. The van der Waals surface area contributed by atoms with Crippen molar-refractivity contribution in [3.05, 3.63) is 29.8 Å². The molecule has 1 unspecified atom stereocenters. The van der Waals surface area contributed by atoms with E-state index in [1.807, 2.05) is 18.2 Å². The number of rotatable bonds is 5.